The maximum Gasteiger partial charge on any atom is 0.322 e. The van der Waals surface area contributed by atoms with Crippen LogP contribution in [-0.2, 0) is 0 Å². The molecule has 2 N–H and O–H groups in total. The van der Waals surface area contributed by atoms with Gasteiger partial charge in [0, 0.05) is 17.6 Å². The van der Waals surface area contributed by atoms with Crippen LogP contribution >= 0.6 is 15.9 Å². The summed E-state index contributed by atoms with van der Waals surface area (Å²) in [6, 6.07) is 1.37. The van der Waals surface area contributed by atoms with Crippen molar-refractivity contribution in [2.45, 2.75) is 0 Å². The number of rotatable bonds is 5. The van der Waals surface area contributed by atoms with Crippen LogP contribution in [0.4, 0.5) is 19.3 Å². The number of nitrogens with zero attached hydrogens (tertiary/aromatic N) is 1. The number of urea groups is 1. The molecule has 1 rings (SSSR count). The van der Waals surface area contributed by atoms with Crippen LogP contribution in [0, 0.1) is 11.6 Å². The van der Waals surface area contributed by atoms with Crippen molar-refractivity contribution in [1.82, 2.24) is 4.90 Å². The molecule has 0 aliphatic heterocycles. The van der Waals surface area contributed by atoms with Crippen LogP contribution in [-0.4, -0.2) is 35.7 Å². The summed E-state index contributed by atoms with van der Waals surface area (Å²) in [5.74, 6) is -1.77. The van der Waals surface area contributed by atoms with Gasteiger partial charge in [0.2, 0.25) is 0 Å². The highest BCUT2D eigenvalue weighted by Gasteiger charge is 2.17. The standard InChI is InChI=1S/C12H13BrF2N2O2/c1-2-3-17(4-5-18)12(19)16-11-9(14)6-8(13)7-10(11)15/h2,6-7,18H,1,3-5H2,(H,16,19). The lowest BCUT2D eigenvalue weighted by atomic mass is 10.3. The van der Waals surface area contributed by atoms with Crippen molar-refractivity contribution in [3.8, 4) is 0 Å². The highest BCUT2D eigenvalue weighted by Crippen LogP contribution is 2.24. The number of hydrogen-bond donors (Lipinski definition) is 2. The summed E-state index contributed by atoms with van der Waals surface area (Å²) < 4.78 is 27.3. The highest BCUT2D eigenvalue weighted by atomic mass is 79.9. The zero-order valence-corrected chi connectivity index (χ0v) is 11.6. The fourth-order valence-electron chi connectivity index (χ4n) is 1.40. The summed E-state index contributed by atoms with van der Waals surface area (Å²) >= 11 is 2.94. The monoisotopic (exact) mass is 334 g/mol. The number of nitrogens with one attached hydrogen (secondary N) is 1. The normalized spacial score (nSPS) is 10.1. The zero-order valence-electron chi connectivity index (χ0n) is 10.00. The Bertz CT molecular complexity index is 460. The van der Waals surface area contributed by atoms with Gasteiger partial charge in [0.25, 0.3) is 0 Å². The molecule has 0 fully saturated rings. The molecule has 0 radical (unpaired) electrons. The van der Waals surface area contributed by atoms with E-state index in [1.165, 1.54) is 11.0 Å². The summed E-state index contributed by atoms with van der Waals surface area (Å²) in [5, 5.41) is 10.9. The molecule has 104 valence electrons. The predicted octanol–water partition coefficient (Wildman–Crippen LogP) is 2.74. The number of amides is 2. The lowest BCUT2D eigenvalue weighted by Crippen LogP contribution is -2.37. The Hall–Kier alpha value is -1.47. The maximum atomic E-state index is 13.5. The lowest BCUT2D eigenvalue weighted by Gasteiger charge is -2.20. The number of halogens is 3. The maximum absolute atomic E-state index is 13.5. The number of carbonyl (C=O) groups is 1. The molecular weight excluding hydrogens is 322 g/mol. The molecule has 0 aliphatic rings. The Morgan fingerprint density at radius 1 is 1.47 bits per heavy atom. The van der Waals surface area contributed by atoms with E-state index < -0.39 is 23.4 Å². The van der Waals surface area contributed by atoms with Crippen molar-refractivity contribution in [1.29, 1.82) is 0 Å². The van der Waals surface area contributed by atoms with Gasteiger partial charge in [-0.2, -0.15) is 0 Å². The summed E-state index contributed by atoms with van der Waals surface area (Å²) in [6.07, 6.45) is 1.45. The second-order valence-corrected chi connectivity index (χ2v) is 4.55. The molecule has 0 spiro atoms. The number of carbonyl (C=O) groups excluding carboxylic acids is 1. The van der Waals surface area contributed by atoms with E-state index in [0.29, 0.717) is 0 Å². The molecule has 0 unspecified atom stereocenters. The SMILES string of the molecule is C=CCN(CCO)C(=O)Nc1c(F)cc(Br)cc1F. The molecule has 4 nitrogen and oxygen atoms in total. The number of aliphatic hydroxyl groups excluding tert-OH is 1. The van der Waals surface area contributed by atoms with Crippen LogP contribution in [0.5, 0.6) is 0 Å². The van der Waals surface area contributed by atoms with E-state index in [4.69, 9.17) is 5.11 Å². The Morgan fingerprint density at radius 2 is 2.05 bits per heavy atom. The minimum atomic E-state index is -0.886. The molecule has 7 heteroatoms. The van der Waals surface area contributed by atoms with Gasteiger partial charge >= 0.3 is 6.03 Å². The van der Waals surface area contributed by atoms with Crippen LogP contribution in [0.1, 0.15) is 0 Å². The molecule has 0 aliphatic carbocycles. The van der Waals surface area contributed by atoms with Gasteiger partial charge in [-0.15, -0.1) is 6.58 Å². The fraction of sp³-hybridized carbons (Fsp3) is 0.250. The minimum absolute atomic E-state index is 0.0393. The summed E-state index contributed by atoms with van der Waals surface area (Å²) in [5.41, 5.74) is -0.528. The number of hydrogen-bond acceptors (Lipinski definition) is 2. The van der Waals surface area contributed by atoms with E-state index in [1.54, 1.807) is 0 Å². The van der Waals surface area contributed by atoms with Gasteiger partial charge in [-0.25, -0.2) is 13.6 Å². The summed E-state index contributed by atoms with van der Waals surface area (Å²) in [7, 11) is 0. The van der Waals surface area contributed by atoms with Crippen LogP contribution in [0.3, 0.4) is 0 Å². The van der Waals surface area contributed by atoms with Gasteiger partial charge in [-0.3, -0.25) is 0 Å². The van der Waals surface area contributed by atoms with Crippen molar-refractivity contribution in [3.05, 3.63) is 40.9 Å². The first-order chi connectivity index (χ1) is 8.99. The largest absolute Gasteiger partial charge is 0.395 e. The fourth-order valence-corrected chi connectivity index (χ4v) is 1.80. The molecule has 19 heavy (non-hydrogen) atoms. The third-order valence-corrected chi connectivity index (χ3v) is 2.70. The minimum Gasteiger partial charge on any atom is -0.395 e. The lowest BCUT2D eigenvalue weighted by molar-refractivity contribution is 0.195. The first-order valence-electron chi connectivity index (χ1n) is 5.41. The average Bonchev–Trinajstić information content (AvgIpc) is 2.33. The Kier molecular flexibility index (Phi) is 5.91. The van der Waals surface area contributed by atoms with E-state index >= 15 is 0 Å². The van der Waals surface area contributed by atoms with Crippen molar-refractivity contribution < 1.29 is 18.7 Å². The van der Waals surface area contributed by atoms with E-state index in [2.05, 4.69) is 27.8 Å². The molecule has 0 saturated carbocycles. The molecule has 0 saturated heterocycles. The smallest absolute Gasteiger partial charge is 0.322 e. The van der Waals surface area contributed by atoms with E-state index in [1.807, 2.05) is 0 Å². The van der Waals surface area contributed by atoms with Gasteiger partial charge in [0.15, 0.2) is 11.6 Å². The molecule has 2 amide bonds. The Balaban J connectivity index is 2.89. The van der Waals surface area contributed by atoms with Crippen LogP contribution in [0.15, 0.2) is 29.3 Å². The Morgan fingerprint density at radius 3 is 2.53 bits per heavy atom. The molecule has 1 aromatic rings. The molecule has 0 atom stereocenters. The second kappa shape index (κ2) is 7.20. The predicted molar refractivity (Wildman–Crippen MR) is 71.9 cm³/mol. The van der Waals surface area contributed by atoms with E-state index in [0.717, 1.165) is 12.1 Å². The molecule has 0 aromatic heterocycles. The highest BCUT2D eigenvalue weighted by molar-refractivity contribution is 9.10. The van der Waals surface area contributed by atoms with Gasteiger partial charge in [0.1, 0.15) is 5.69 Å². The van der Waals surface area contributed by atoms with Crippen molar-refractivity contribution in [2.24, 2.45) is 0 Å². The number of anilines is 1. The van der Waals surface area contributed by atoms with E-state index in [-0.39, 0.29) is 24.2 Å². The van der Waals surface area contributed by atoms with Crippen LogP contribution in [0.25, 0.3) is 0 Å². The third kappa shape index (κ3) is 4.29. The topological polar surface area (TPSA) is 52.6 Å². The average molecular weight is 335 g/mol. The van der Waals surface area contributed by atoms with Crippen molar-refractivity contribution in [3.63, 3.8) is 0 Å². The number of benzene rings is 1. The van der Waals surface area contributed by atoms with Gasteiger partial charge < -0.3 is 15.3 Å². The van der Waals surface area contributed by atoms with Crippen molar-refractivity contribution in [2.75, 3.05) is 25.0 Å². The van der Waals surface area contributed by atoms with Crippen LogP contribution < -0.4 is 5.32 Å². The van der Waals surface area contributed by atoms with Gasteiger partial charge in [-0.05, 0) is 12.1 Å². The first kappa shape index (κ1) is 15.6. The van der Waals surface area contributed by atoms with Crippen molar-refractivity contribution >= 4 is 27.6 Å². The quantitative estimate of drug-likeness (QED) is 0.813. The Labute approximate surface area is 117 Å². The molecule has 0 bridgehead atoms. The zero-order chi connectivity index (χ0) is 14.4. The molecular formula is C12H13BrF2N2O2. The van der Waals surface area contributed by atoms with Gasteiger partial charge in [-0.1, -0.05) is 22.0 Å². The second-order valence-electron chi connectivity index (χ2n) is 3.63. The third-order valence-electron chi connectivity index (χ3n) is 2.25. The molecule has 0 heterocycles. The van der Waals surface area contributed by atoms with Crippen LogP contribution in [0.2, 0.25) is 0 Å². The van der Waals surface area contributed by atoms with E-state index in [9.17, 15) is 13.6 Å². The molecule has 1 aromatic carbocycles. The number of aliphatic hydroxyl groups is 1. The summed E-state index contributed by atoms with van der Waals surface area (Å²) in [6.45, 7) is 3.40. The van der Waals surface area contributed by atoms with Gasteiger partial charge in [0.05, 0.1) is 6.61 Å². The summed E-state index contributed by atoms with van der Waals surface area (Å²) in [4.78, 5) is 13.0. The first-order valence-corrected chi connectivity index (χ1v) is 6.21.